The average Bonchev–Trinajstić information content (AvgIpc) is 3.00. The topological polar surface area (TPSA) is 0 Å². The molecule has 2 saturated carbocycles. The zero-order valence-electron chi connectivity index (χ0n) is 16.2. The van der Waals surface area contributed by atoms with Gasteiger partial charge < -0.3 is 0 Å². The van der Waals surface area contributed by atoms with E-state index in [0.717, 1.165) is 18.8 Å². The SMILES string of the molecule is C=C1C2CCC=CC2C(C(=C)CCc2ccccc2)C1C1CCCCC1. The molecule has 0 N–H and O–H groups in total. The minimum Gasteiger partial charge on any atom is -0.0995 e. The van der Waals surface area contributed by atoms with Gasteiger partial charge >= 0.3 is 0 Å². The molecule has 0 nitrogen and oxygen atoms in total. The van der Waals surface area contributed by atoms with E-state index in [2.05, 4.69) is 55.6 Å². The van der Waals surface area contributed by atoms with Gasteiger partial charge in [0.15, 0.2) is 0 Å². The molecule has 0 spiro atoms. The number of fused-ring (bicyclic) bond motifs is 1. The molecule has 0 aliphatic heterocycles. The summed E-state index contributed by atoms with van der Waals surface area (Å²) >= 11 is 0. The van der Waals surface area contributed by atoms with Gasteiger partial charge in [-0.15, -0.1) is 0 Å². The van der Waals surface area contributed by atoms with Crippen LogP contribution in [0.1, 0.15) is 56.9 Å². The first-order valence-corrected chi connectivity index (χ1v) is 10.8. The van der Waals surface area contributed by atoms with Gasteiger partial charge in [-0.2, -0.15) is 0 Å². The summed E-state index contributed by atoms with van der Waals surface area (Å²) < 4.78 is 0. The zero-order valence-corrected chi connectivity index (χ0v) is 16.2. The van der Waals surface area contributed by atoms with E-state index in [1.807, 2.05) is 0 Å². The van der Waals surface area contributed by atoms with Crippen LogP contribution in [-0.2, 0) is 6.42 Å². The van der Waals surface area contributed by atoms with E-state index in [9.17, 15) is 0 Å². The van der Waals surface area contributed by atoms with Crippen LogP contribution >= 0.6 is 0 Å². The van der Waals surface area contributed by atoms with E-state index < -0.39 is 0 Å². The van der Waals surface area contributed by atoms with Crippen molar-refractivity contribution in [2.24, 2.45) is 29.6 Å². The Kier molecular flexibility index (Phi) is 5.48. The van der Waals surface area contributed by atoms with Crippen LogP contribution in [0.3, 0.4) is 0 Å². The minimum absolute atomic E-state index is 0.635. The highest BCUT2D eigenvalue weighted by molar-refractivity contribution is 5.30. The van der Waals surface area contributed by atoms with Gasteiger partial charge in [-0.25, -0.2) is 0 Å². The lowest BCUT2D eigenvalue weighted by Crippen LogP contribution is -2.26. The predicted molar refractivity (Wildman–Crippen MR) is 112 cm³/mol. The summed E-state index contributed by atoms with van der Waals surface area (Å²) in [6, 6.07) is 10.9. The Bertz CT molecular complexity index is 659. The summed E-state index contributed by atoms with van der Waals surface area (Å²) in [7, 11) is 0. The molecule has 3 aliphatic carbocycles. The second-order valence-electron chi connectivity index (χ2n) is 8.86. The number of allylic oxidation sites excluding steroid dienone is 4. The monoisotopic (exact) mass is 346 g/mol. The Morgan fingerprint density at radius 1 is 1.00 bits per heavy atom. The van der Waals surface area contributed by atoms with Crippen molar-refractivity contribution in [1.82, 2.24) is 0 Å². The van der Waals surface area contributed by atoms with Crippen molar-refractivity contribution in [2.75, 3.05) is 0 Å². The molecule has 4 rings (SSSR count). The van der Waals surface area contributed by atoms with Crippen LogP contribution in [0.25, 0.3) is 0 Å². The quantitative estimate of drug-likeness (QED) is 0.497. The normalized spacial score (nSPS) is 31.8. The smallest absolute Gasteiger partial charge is 0.00688 e. The molecular weight excluding hydrogens is 312 g/mol. The Morgan fingerprint density at radius 3 is 2.54 bits per heavy atom. The Hall–Kier alpha value is -1.56. The Morgan fingerprint density at radius 2 is 1.77 bits per heavy atom. The Balaban J connectivity index is 1.54. The van der Waals surface area contributed by atoms with Crippen molar-refractivity contribution < 1.29 is 0 Å². The number of benzene rings is 1. The highest BCUT2D eigenvalue weighted by Gasteiger charge is 2.48. The lowest BCUT2D eigenvalue weighted by Gasteiger charge is -2.34. The largest absolute Gasteiger partial charge is 0.0995 e. The molecule has 1 aromatic carbocycles. The third kappa shape index (κ3) is 3.48. The maximum atomic E-state index is 4.67. The molecule has 26 heavy (non-hydrogen) atoms. The molecule has 1 aromatic rings. The predicted octanol–water partition coefficient (Wildman–Crippen LogP) is 7.14. The van der Waals surface area contributed by atoms with Gasteiger partial charge in [0.2, 0.25) is 0 Å². The molecule has 0 heteroatoms. The van der Waals surface area contributed by atoms with E-state index in [4.69, 9.17) is 0 Å². The first-order chi connectivity index (χ1) is 12.8. The molecule has 4 atom stereocenters. The fourth-order valence-corrected chi connectivity index (χ4v) is 6.11. The number of hydrogen-bond acceptors (Lipinski definition) is 0. The van der Waals surface area contributed by atoms with E-state index in [0.29, 0.717) is 23.7 Å². The third-order valence-corrected chi connectivity index (χ3v) is 7.38. The Labute approximate surface area is 160 Å². The second kappa shape index (κ2) is 7.99. The molecule has 138 valence electrons. The molecule has 0 aromatic heterocycles. The molecule has 3 aliphatic rings. The summed E-state index contributed by atoms with van der Waals surface area (Å²) in [6.45, 7) is 9.32. The average molecular weight is 347 g/mol. The summed E-state index contributed by atoms with van der Waals surface area (Å²) in [4.78, 5) is 0. The molecular formula is C26H34. The van der Waals surface area contributed by atoms with Crippen LogP contribution < -0.4 is 0 Å². The highest BCUT2D eigenvalue weighted by atomic mass is 14.5. The van der Waals surface area contributed by atoms with Crippen molar-refractivity contribution in [3.8, 4) is 0 Å². The van der Waals surface area contributed by atoms with Crippen molar-refractivity contribution in [1.29, 1.82) is 0 Å². The first kappa shape index (κ1) is 17.8. The number of aryl methyl sites for hydroxylation is 1. The van der Waals surface area contributed by atoms with Gasteiger partial charge in [-0.1, -0.05) is 86.1 Å². The van der Waals surface area contributed by atoms with Crippen molar-refractivity contribution in [3.05, 3.63) is 72.4 Å². The fraction of sp³-hybridized carbons (Fsp3) is 0.538. The summed E-state index contributed by atoms with van der Waals surface area (Å²) in [5.41, 5.74) is 4.51. The van der Waals surface area contributed by atoms with Gasteiger partial charge in [-0.3, -0.25) is 0 Å². The molecule has 0 bridgehead atoms. The molecule has 0 radical (unpaired) electrons. The van der Waals surface area contributed by atoms with E-state index in [1.54, 1.807) is 5.57 Å². The van der Waals surface area contributed by atoms with Crippen LogP contribution in [0, 0.1) is 29.6 Å². The van der Waals surface area contributed by atoms with Gasteiger partial charge in [0.25, 0.3) is 0 Å². The lowest BCUT2D eigenvalue weighted by atomic mass is 9.70. The molecule has 4 unspecified atom stereocenters. The third-order valence-electron chi connectivity index (χ3n) is 7.38. The van der Waals surface area contributed by atoms with Crippen LogP contribution in [0.4, 0.5) is 0 Å². The standard InChI is InChI=1S/C26H34/c1-19(17-18-21-11-5-3-6-12-21)25-24-16-10-9-15-23(24)20(2)26(25)22-13-7-4-8-14-22/h3,5-6,10-12,16,22-26H,1-2,4,7-9,13-15,17-18H2. The summed E-state index contributed by atoms with van der Waals surface area (Å²) in [5.74, 6) is 3.57. The zero-order chi connectivity index (χ0) is 17.9. The van der Waals surface area contributed by atoms with Crippen LogP contribution in [0.5, 0.6) is 0 Å². The van der Waals surface area contributed by atoms with Gasteiger partial charge in [0, 0.05) is 0 Å². The molecule has 0 amide bonds. The minimum atomic E-state index is 0.635. The van der Waals surface area contributed by atoms with Crippen LogP contribution in [0.15, 0.2) is 66.8 Å². The van der Waals surface area contributed by atoms with E-state index >= 15 is 0 Å². The maximum absolute atomic E-state index is 4.67. The summed E-state index contributed by atoms with van der Waals surface area (Å²) in [6.07, 6.45) is 16.9. The van der Waals surface area contributed by atoms with Gasteiger partial charge in [0.05, 0.1) is 0 Å². The second-order valence-corrected chi connectivity index (χ2v) is 8.86. The maximum Gasteiger partial charge on any atom is -0.00688 e. The molecule has 2 fully saturated rings. The van der Waals surface area contributed by atoms with Crippen LogP contribution in [-0.4, -0.2) is 0 Å². The number of rotatable bonds is 5. The lowest BCUT2D eigenvalue weighted by molar-refractivity contribution is 0.230. The van der Waals surface area contributed by atoms with Crippen LogP contribution in [0.2, 0.25) is 0 Å². The first-order valence-electron chi connectivity index (χ1n) is 10.8. The fourth-order valence-electron chi connectivity index (χ4n) is 6.11. The van der Waals surface area contributed by atoms with Gasteiger partial charge in [-0.05, 0) is 73.7 Å². The number of hydrogen-bond donors (Lipinski definition) is 0. The molecule has 0 heterocycles. The van der Waals surface area contributed by atoms with Crippen molar-refractivity contribution in [3.63, 3.8) is 0 Å². The van der Waals surface area contributed by atoms with Gasteiger partial charge in [0.1, 0.15) is 0 Å². The van der Waals surface area contributed by atoms with E-state index in [-0.39, 0.29) is 0 Å². The molecule has 0 saturated heterocycles. The van der Waals surface area contributed by atoms with Crippen molar-refractivity contribution in [2.45, 2.75) is 57.8 Å². The summed E-state index contributed by atoms with van der Waals surface area (Å²) in [5, 5.41) is 0. The highest BCUT2D eigenvalue weighted by Crippen LogP contribution is 2.56. The van der Waals surface area contributed by atoms with E-state index in [1.165, 1.54) is 56.1 Å². The van der Waals surface area contributed by atoms with Crippen molar-refractivity contribution >= 4 is 0 Å².